The van der Waals surface area contributed by atoms with E-state index < -0.39 is 15.0 Å². The molecule has 0 saturated heterocycles. The second kappa shape index (κ2) is 3.80. The van der Waals surface area contributed by atoms with Gasteiger partial charge in [0.25, 0.3) is 15.0 Å². The molecule has 0 aliphatic rings. The molecule has 0 aliphatic heterocycles. The maximum atomic E-state index is 11.1. The molecule has 1 aromatic rings. The highest BCUT2D eigenvalue weighted by atomic mass is 35.7. The average molecular weight is 257 g/mol. The summed E-state index contributed by atoms with van der Waals surface area (Å²) in [4.78, 5) is 13.4. The molecule has 1 amide bonds. The van der Waals surface area contributed by atoms with Crippen molar-refractivity contribution in [2.24, 2.45) is 0 Å². The van der Waals surface area contributed by atoms with Crippen molar-refractivity contribution in [2.75, 3.05) is 7.05 Å². The number of rotatable bonds is 2. The van der Waals surface area contributed by atoms with E-state index in [2.05, 4.69) is 10.3 Å². The van der Waals surface area contributed by atoms with Crippen LogP contribution in [0.4, 0.5) is 0 Å². The van der Waals surface area contributed by atoms with Gasteiger partial charge in [-0.3, -0.25) is 4.79 Å². The predicted octanol–water partition coefficient (Wildman–Crippen LogP) is 0.955. The number of nitrogens with one attached hydrogen (secondary N) is 2. The third-order valence-electron chi connectivity index (χ3n) is 1.45. The van der Waals surface area contributed by atoms with E-state index in [1.807, 2.05) is 0 Å². The number of amides is 1. The van der Waals surface area contributed by atoms with Gasteiger partial charge in [0.2, 0.25) is 0 Å². The summed E-state index contributed by atoms with van der Waals surface area (Å²) in [5, 5.41) is 1.82. The maximum Gasteiger partial charge on any atom is 0.278 e. The molecule has 0 bridgehead atoms. The van der Waals surface area contributed by atoms with Crippen LogP contribution in [0.1, 0.15) is 10.5 Å². The number of aromatic nitrogens is 1. The Hall–Kier alpha value is -0.720. The molecule has 1 heterocycles. The zero-order chi connectivity index (χ0) is 10.9. The molecule has 0 aliphatic carbocycles. The molecule has 0 fully saturated rings. The highest BCUT2D eigenvalue weighted by Gasteiger charge is 2.20. The number of carbonyl (C=O) groups is 1. The number of H-pyrrole nitrogens is 1. The van der Waals surface area contributed by atoms with Crippen molar-refractivity contribution in [3.63, 3.8) is 0 Å². The second-order valence-electron chi connectivity index (χ2n) is 2.38. The van der Waals surface area contributed by atoms with Gasteiger partial charge in [-0.05, 0) is 6.07 Å². The van der Waals surface area contributed by atoms with Crippen LogP contribution >= 0.6 is 22.3 Å². The molecule has 0 radical (unpaired) electrons. The molecule has 0 atom stereocenters. The first-order chi connectivity index (χ1) is 6.36. The van der Waals surface area contributed by atoms with E-state index >= 15 is 0 Å². The standard InChI is InChI=1S/C6H6Cl2N2O3S/c1-9-5(11)4-2-3(7)6(10-4)14(8,12)13/h2,10H,1H3,(H,9,11). The topological polar surface area (TPSA) is 79.0 Å². The Kier molecular flexibility index (Phi) is 3.08. The molecule has 1 aromatic heterocycles. The largest absolute Gasteiger partial charge is 0.354 e. The Bertz CT molecular complexity index is 465. The summed E-state index contributed by atoms with van der Waals surface area (Å²) in [7, 11) is 2.51. The highest BCUT2D eigenvalue weighted by Crippen LogP contribution is 2.24. The fraction of sp³-hybridized carbons (Fsp3) is 0.167. The van der Waals surface area contributed by atoms with Gasteiger partial charge in [0.15, 0.2) is 5.03 Å². The Morgan fingerprint density at radius 1 is 1.57 bits per heavy atom. The summed E-state index contributed by atoms with van der Waals surface area (Å²) < 4.78 is 21.8. The van der Waals surface area contributed by atoms with E-state index in [1.54, 1.807) is 0 Å². The van der Waals surface area contributed by atoms with Crippen molar-refractivity contribution < 1.29 is 13.2 Å². The Morgan fingerprint density at radius 3 is 2.50 bits per heavy atom. The Balaban J connectivity index is 3.25. The second-order valence-corrected chi connectivity index (χ2v) is 5.29. The van der Waals surface area contributed by atoms with Crippen LogP contribution in [0.2, 0.25) is 5.02 Å². The lowest BCUT2D eigenvalue weighted by molar-refractivity contribution is 0.0958. The van der Waals surface area contributed by atoms with Gasteiger partial charge in [0, 0.05) is 17.7 Å². The smallest absolute Gasteiger partial charge is 0.278 e. The van der Waals surface area contributed by atoms with Gasteiger partial charge in [-0.15, -0.1) is 0 Å². The molecule has 14 heavy (non-hydrogen) atoms. The molecule has 0 unspecified atom stereocenters. The summed E-state index contributed by atoms with van der Waals surface area (Å²) in [6.07, 6.45) is 0. The summed E-state index contributed by atoms with van der Waals surface area (Å²) in [6, 6.07) is 1.19. The Morgan fingerprint density at radius 2 is 2.14 bits per heavy atom. The number of hydrogen-bond donors (Lipinski definition) is 2. The van der Waals surface area contributed by atoms with E-state index in [0.29, 0.717) is 0 Å². The average Bonchev–Trinajstić information content (AvgIpc) is 2.45. The van der Waals surface area contributed by atoms with Crippen LogP contribution in [0.5, 0.6) is 0 Å². The first kappa shape index (κ1) is 11.4. The molecule has 1 rings (SSSR count). The molecule has 8 heteroatoms. The molecular weight excluding hydrogens is 251 g/mol. The van der Waals surface area contributed by atoms with Crippen molar-refractivity contribution in [3.05, 3.63) is 16.8 Å². The van der Waals surface area contributed by atoms with E-state index in [9.17, 15) is 13.2 Å². The van der Waals surface area contributed by atoms with Crippen LogP contribution in [0.25, 0.3) is 0 Å². The Labute approximate surface area is 89.8 Å². The summed E-state index contributed by atoms with van der Waals surface area (Å²) in [6.45, 7) is 0. The van der Waals surface area contributed by atoms with E-state index in [-0.39, 0.29) is 15.7 Å². The normalized spacial score (nSPS) is 11.4. The first-order valence-electron chi connectivity index (χ1n) is 3.41. The van der Waals surface area contributed by atoms with Crippen molar-refractivity contribution in [1.82, 2.24) is 10.3 Å². The maximum absolute atomic E-state index is 11.1. The predicted molar refractivity (Wildman–Crippen MR) is 52.2 cm³/mol. The van der Waals surface area contributed by atoms with Gasteiger partial charge >= 0.3 is 0 Å². The summed E-state index contributed by atoms with van der Waals surface area (Å²) in [5.74, 6) is -0.474. The molecule has 0 spiro atoms. The lowest BCUT2D eigenvalue weighted by atomic mass is 10.4. The lowest BCUT2D eigenvalue weighted by Crippen LogP contribution is -2.18. The quantitative estimate of drug-likeness (QED) is 0.774. The van der Waals surface area contributed by atoms with Crippen molar-refractivity contribution in [3.8, 4) is 0 Å². The van der Waals surface area contributed by atoms with Crippen LogP contribution in [-0.2, 0) is 9.05 Å². The number of halogens is 2. The highest BCUT2D eigenvalue weighted by molar-refractivity contribution is 8.13. The van der Waals surface area contributed by atoms with Crippen LogP contribution in [0.15, 0.2) is 11.1 Å². The minimum atomic E-state index is -3.95. The van der Waals surface area contributed by atoms with E-state index in [4.69, 9.17) is 22.3 Å². The number of hydrogen-bond acceptors (Lipinski definition) is 3. The van der Waals surface area contributed by atoms with E-state index in [1.165, 1.54) is 13.1 Å². The van der Waals surface area contributed by atoms with Crippen LogP contribution in [0.3, 0.4) is 0 Å². The molecular formula is C6H6Cl2N2O3S. The summed E-state index contributed by atoms with van der Waals surface area (Å²) >= 11 is 5.56. The number of aromatic amines is 1. The third kappa shape index (κ3) is 2.20. The molecule has 0 saturated carbocycles. The van der Waals surface area contributed by atoms with Crippen molar-refractivity contribution in [1.29, 1.82) is 0 Å². The van der Waals surface area contributed by atoms with Gasteiger partial charge in [0.1, 0.15) is 5.69 Å². The van der Waals surface area contributed by atoms with Gasteiger partial charge in [0.05, 0.1) is 5.02 Å². The van der Waals surface area contributed by atoms with Crippen LogP contribution < -0.4 is 5.32 Å². The van der Waals surface area contributed by atoms with Gasteiger partial charge < -0.3 is 10.3 Å². The zero-order valence-electron chi connectivity index (χ0n) is 6.97. The van der Waals surface area contributed by atoms with Crippen molar-refractivity contribution in [2.45, 2.75) is 5.03 Å². The van der Waals surface area contributed by atoms with Crippen LogP contribution in [0, 0.1) is 0 Å². The minimum absolute atomic E-state index is 0.0386. The fourth-order valence-corrected chi connectivity index (χ4v) is 2.31. The molecule has 0 aromatic carbocycles. The summed E-state index contributed by atoms with van der Waals surface area (Å²) in [5.41, 5.74) is 0.0386. The van der Waals surface area contributed by atoms with Gasteiger partial charge in [-0.25, -0.2) is 8.42 Å². The molecule has 2 N–H and O–H groups in total. The van der Waals surface area contributed by atoms with Crippen LogP contribution in [-0.4, -0.2) is 26.4 Å². The zero-order valence-corrected chi connectivity index (χ0v) is 9.29. The van der Waals surface area contributed by atoms with Gasteiger partial charge in [-0.2, -0.15) is 0 Å². The van der Waals surface area contributed by atoms with Crippen molar-refractivity contribution >= 4 is 37.2 Å². The monoisotopic (exact) mass is 256 g/mol. The molecule has 78 valence electrons. The number of carbonyl (C=O) groups excluding carboxylic acids is 1. The fourth-order valence-electron chi connectivity index (χ4n) is 0.845. The van der Waals surface area contributed by atoms with Gasteiger partial charge in [-0.1, -0.05) is 11.6 Å². The molecule has 5 nitrogen and oxygen atoms in total. The first-order valence-corrected chi connectivity index (χ1v) is 6.10. The SMILES string of the molecule is CNC(=O)c1cc(Cl)c(S(=O)(=O)Cl)[nH]1. The third-order valence-corrected chi connectivity index (χ3v) is 3.13. The van der Waals surface area contributed by atoms with E-state index in [0.717, 1.165) is 0 Å². The minimum Gasteiger partial charge on any atom is -0.354 e. The lowest BCUT2D eigenvalue weighted by Gasteiger charge is -1.93.